The maximum atomic E-state index is 14.8. The van der Waals surface area contributed by atoms with E-state index in [1.165, 1.54) is 21.8 Å². The summed E-state index contributed by atoms with van der Waals surface area (Å²) in [4.78, 5) is 32.3. The second-order valence-corrected chi connectivity index (χ2v) is 8.85. The third kappa shape index (κ3) is 4.57. The molecule has 1 atom stereocenters. The number of carbonyl (C=O) groups is 2. The van der Waals surface area contributed by atoms with Crippen LogP contribution in [0.4, 0.5) is 23.4 Å². The lowest BCUT2D eigenvalue weighted by molar-refractivity contribution is -0.160. The fraction of sp³-hybridized carbons (Fsp3) is 0.391. The molecule has 2 saturated heterocycles. The summed E-state index contributed by atoms with van der Waals surface area (Å²) in [6.45, 7) is -2.54. The Hall–Kier alpha value is -3.74. The van der Waals surface area contributed by atoms with E-state index >= 15 is 0 Å². The molecule has 0 aliphatic carbocycles. The van der Waals surface area contributed by atoms with Gasteiger partial charge in [-0.05, 0) is 18.6 Å². The highest BCUT2D eigenvalue weighted by atomic mass is 19.3. The maximum absolute atomic E-state index is 14.8. The predicted molar refractivity (Wildman–Crippen MR) is 119 cm³/mol. The van der Waals surface area contributed by atoms with Gasteiger partial charge in [-0.25, -0.2) is 13.8 Å². The molecule has 2 aliphatic rings. The van der Waals surface area contributed by atoms with E-state index in [2.05, 4.69) is 14.8 Å². The highest BCUT2D eigenvalue weighted by Gasteiger charge is 2.37. The Kier molecular flexibility index (Phi) is 6.24. The zero-order chi connectivity index (χ0) is 25.6. The van der Waals surface area contributed by atoms with E-state index in [1.54, 1.807) is 11.0 Å². The van der Waals surface area contributed by atoms with Crippen molar-refractivity contribution in [2.45, 2.75) is 31.6 Å². The quantitative estimate of drug-likeness (QED) is 0.515. The van der Waals surface area contributed by atoms with Crippen molar-refractivity contribution in [2.75, 3.05) is 31.9 Å². The van der Waals surface area contributed by atoms with Crippen LogP contribution in [0.25, 0.3) is 10.9 Å². The van der Waals surface area contributed by atoms with Gasteiger partial charge in [0.05, 0.1) is 22.7 Å². The number of nitrogens with two attached hydrogens (primary N) is 1. The fourth-order valence-electron chi connectivity index (χ4n) is 4.68. The number of alkyl halides is 2. The predicted octanol–water partition coefficient (Wildman–Crippen LogP) is 2.37. The molecule has 190 valence electrons. The minimum absolute atomic E-state index is 0.00281. The van der Waals surface area contributed by atoms with Crippen LogP contribution in [0, 0.1) is 11.6 Å². The summed E-state index contributed by atoms with van der Waals surface area (Å²) in [5.74, 6) is -2.47. The Bertz CT molecular complexity index is 1330. The molecule has 4 heterocycles. The molecule has 0 unspecified atom stereocenters. The van der Waals surface area contributed by atoms with Crippen LogP contribution in [-0.2, 0) is 16.1 Å². The third-order valence-electron chi connectivity index (χ3n) is 6.46. The van der Waals surface area contributed by atoms with E-state index in [1.807, 2.05) is 0 Å². The molecule has 2 fully saturated rings. The van der Waals surface area contributed by atoms with Crippen molar-refractivity contribution in [2.24, 2.45) is 0 Å². The van der Waals surface area contributed by atoms with Crippen LogP contribution in [-0.4, -0.2) is 75.3 Å². The van der Waals surface area contributed by atoms with Gasteiger partial charge >= 0.3 is 6.61 Å². The molecule has 1 aromatic carbocycles. The first-order chi connectivity index (χ1) is 17.2. The second-order valence-electron chi connectivity index (χ2n) is 8.85. The van der Waals surface area contributed by atoms with Crippen LogP contribution in [0.2, 0.25) is 0 Å². The number of carbonyl (C=O) groups excluding carboxylic acids is 2. The Morgan fingerprint density at radius 1 is 1.14 bits per heavy atom. The monoisotopic (exact) mass is 506 g/mol. The zero-order valence-corrected chi connectivity index (χ0v) is 18.9. The average Bonchev–Trinajstić information content (AvgIpc) is 3.37. The van der Waals surface area contributed by atoms with E-state index in [9.17, 15) is 27.2 Å². The van der Waals surface area contributed by atoms with Crippen molar-refractivity contribution >= 4 is 28.5 Å². The number of nitrogen functional groups attached to an aromatic ring is 1. The van der Waals surface area contributed by atoms with Crippen molar-refractivity contribution in [3.05, 3.63) is 53.4 Å². The molecule has 0 radical (unpaired) electrons. The minimum atomic E-state index is -2.93. The van der Waals surface area contributed by atoms with Crippen molar-refractivity contribution < 1.29 is 31.9 Å². The van der Waals surface area contributed by atoms with Crippen LogP contribution in [0.15, 0.2) is 30.5 Å². The number of nitrogens with zero attached hydrogens (tertiary/aromatic N) is 5. The first-order valence-electron chi connectivity index (χ1n) is 11.3. The number of amides is 2. The summed E-state index contributed by atoms with van der Waals surface area (Å²) in [5, 5.41) is 4.49. The normalized spacial score (nSPS) is 18.3. The van der Waals surface area contributed by atoms with Crippen LogP contribution < -0.4 is 5.73 Å². The molecule has 13 heteroatoms. The standard InChI is InChI=1S/C23H22F4N6O3/c24-14-6-16(25)20-17(7-14)33(11-19(34)31-4-2-15(10-31)36-23(26)27)30-21(20)13-8-32(9-13)22(35)12-1-3-29-18(28)5-12/h1,3,5-7,13,15,23H,2,4,8-11H2,(H2,28,29)/t15-/m1/s1. The Balaban J connectivity index is 1.35. The summed E-state index contributed by atoms with van der Waals surface area (Å²) < 4.78 is 59.5. The van der Waals surface area contributed by atoms with Crippen molar-refractivity contribution in [1.82, 2.24) is 24.6 Å². The molecule has 9 nitrogen and oxygen atoms in total. The molecule has 5 rings (SSSR count). The number of hydrogen-bond acceptors (Lipinski definition) is 6. The topological polar surface area (TPSA) is 107 Å². The fourth-order valence-corrected chi connectivity index (χ4v) is 4.68. The number of pyridine rings is 1. The summed E-state index contributed by atoms with van der Waals surface area (Å²) in [6.07, 6.45) is 0.917. The van der Waals surface area contributed by atoms with Gasteiger partial charge in [-0.15, -0.1) is 0 Å². The van der Waals surface area contributed by atoms with Gasteiger partial charge in [0.2, 0.25) is 5.91 Å². The lowest BCUT2D eigenvalue weighted by atomic mass is 9.93. The number of halogens is 4. The van der Waals surface area contributed by atoms with Crippen LogP contribution in [0.3, 0.4) is 0 Å². The number of rotatable bonds is 6. The molecule has 2 aromatic heterocycles. The third-order valence-corrected chi connectivity index (χ3v) is 6.46. The molecule has 2 amide bonds. The smallest absolute Gasteiger partial charge is 0.345 e. The largest absolute Gasteiger partial charge is 0.384 e. The number of hydrogen-bond donors (Lipinski definition) is 1. The van der Waals surface area contributed by atoms with Gasteiger partial charge < -0.3 is 20.3 Å². The molecule has 0 bridgehead atoms. The first-order valence-corrected chi connectivity index (χ1v) is 11.3. The number of fused-ring (bicyclic) bond motifs is 1. The van der Waals surface area contributed by atoms with E-state index in [0.29, 0.717) is 11.3 Å². The highest BCUT2D eigenvalue weighted by Crippen LogP contribution is 2.34. The molecule has 3 aromatic rings. The molecular formula is C23H22F4N6O3. The zero-order valence-electron chi connectivity index (χ0n) is 18.9. The van der Waals surface area contributed by atoms with Crippen molar-refractivity contribution in [1.29, 1.82) is 0 Å². The van der Waals surface area contributed by atoms with Gasteiger partial charge in [-0.3, -0.25) is 14.3 Å². The summed E-state index contributed by atoms with van der Waals surface area (Å²) in [6, 6.07) is 4.84. The SMILES string of the molecule is Nc1cc(C(=O)N2CC(c3nn(CC(=O)N4CC[C@@H](OC(F)F)C4)c4cc(F)cc(F)c34)C2)ccn1. The lowest BCUT2D eigenvalue weighted by Gasteiger charge is -2.38. The van der Waals surface area contributed by atoms with Crippen molar-refractivity contribution in [3.8, 4) is 0 Å². The number of benzene rings is 1. The van der Waals surface area contributed by atoms with Gasteiger partial charge in [0, 0.05) is 56.0 Å². The van der Waals surface area contributed by atoms with E-state index < -0.39 is 30.3 Å². The van der Waals surface area contributed by atoms with Gasteiger partial charge in [0.15, 0.2) is 0 Å². The van der Waals surface area contributed by atoms with Crippen LogP contribution in [0.5, 0.6) is 0 Å². The van der Waals surface area contributed by atoms with E-state index in [-0.39, 0.29) is 67.7 Å². The molecule has 2 aliphatic heterocycles. The van der Waals surface area contributed by atoms with Crippen LogP contribution >= 0.6 is 0 Å². The number of aromatic nitrogens is 3. The van der Waals surface area contributed by atoms with Gasteiger partial charge in [0.25, 0.3) is 5.91 Å². The minimum Gasteiger partial charge on any atom is -0.384 e. The molecular weight excluding hydrogens is 484 g/mol. The Morgan fingerprint density at radius 2 is 1.92 bits per heavy atom. The maximum Gasteiger partial charge on any atom is 0.345 e. The molecule has 0 saturated carbocycles. The number of ether oxygens (including phenoxy) is 1. The Morgan fingerprint density at radius 3 is 2.64 bits per heavy atom. The highest BCUT2D eigenvalue weighted by molar-refractivity contribution is 5.95. The van der Waals surface area contributed by atoms with Gasteiger partial charge in [0.1, 0.15) is 24.0 Å². The lowest BCUT2D eigenvalue weighted by Crippen LogP contribution is -2.48. The van der Waals surface area contributed by atoms with E-state index in [0.717, 1.165) is 12.1 Å². The molecule has 36 heavy (non-hydrogen) atoms. The summed E-state index contributed by atoms with van der Waals surface area (Å²) in [7, 11) is 0. The number of likely N-dealkylation sites (tertiary alicyclic amines) is 2. The van der Waals surface area contributed by atoms with Crippen LogP contribution in [0.1, 0.15) is 28.4 Å². The van der Waals surface area contributed by atoms with Crippen molar-refractivity contribution in [3.63, 3.8) is 0 Å². The Labute approximate surface area is 202 Å². The summed E-state index contributed by atoms with van der Waals surface area (Å²) in [5.41, 5.74) is 6.43. The summed E-state index contributed by atoms with van der Waals surface area (Å²) >= 11 is 0. The molecule has 2 N–H and O–H groups in total. The average molecular weight is 506 g/mol. The molecule has 0 spiro atoms. The van der Waals surface area contributed by atoms with Gasteiger partial charge in [-0.1, -0.05) is 0 Å². The second kappa shape index (κ2) is 9.37. The first kappa shape index (κ1) is 24.0. The van der Waals surface area contributed by atoms with E-state index in [4.69, 9.17) is 5.73 Å². The van der Waals surface area contributed by atoms with Gasteiger partial charge in [-0.2, -0.15) is 13.9 Å². The number of anilines is 1.